The van der Waals surface area contributed by atoms with Crippen LogP contribution in [0.15, 0.2) is 30.5 Å². The van der Waals surface area contributed by atoms with Crippen molar-refractivity contribution in [1.29, 1.82) is 0 Å². The summed E-state index contributed by atoms with van der Waals surface area (Å²) in [6, 6.07) is 6.25. The molecule has 94 valence electrons. The summed E-state index contributed by atoms with van der Waals surface area (Å²) in [7, 11) is 1.32. The first-order valence-corrected chi connectivity index (χ1v) is 5.37. The highest BCUT2D eigenvalue weighted by atomic mass is 19.1. The van der Waals surface area contributed by atoms with Gasteiger partial charge in [-0.25, -0.2) is 9.07 Å². The molecule has 0 aliphatic carbocycles. The van der Waals surface area contributed by atoms with E-state index in [0.29, 0.717) is 12.2 Å². The van der Waals surface area contributed by atoms with Crippen LogP contribution in [0, 0.1) is 5.82 Å². The molecule has 0 unspecified atom stereocenters. The number of hydrogen-bond donors (Lipinski definition) is 0. The van der Waals surface area contributed by atoms with Crippen molar-refractivity contribution >= 4 is 5.97 Å². The molecule has 0 atom stereocenters. The predicted octanol–water partition coefficient (Wildman–Crippen LogP) is 1.18. The van der Waals surface area contributed by atoms with Gasteiger partial charge in [0.05, 0.1) is 25.8 Å². The van der Waals surface area contributed by atoms with Crippen molar-refractivity contribution in [3.63, 3.8) is 0 Å². The van der Waals surface area contributed by atoms with Gasteiger partial charge in [0.25, 0.3) is 0 Å². The predicted molar refractivity (Wildman–Crippen MR) is 61.2 cm³/mol. The minimum Gasteiger partial charge on any atom is -0.469 e. The van der Waals surface area contributed by atoms with Crippen molar-refractivity contribution in [3.8, 4) is 0 Å². The number of halogens is 1. The third-order valence-electron chi connectivity index (χ3n) is 2.37. The fraction of sp³-hybridized carbons (Fsp3) is 0.250. The standard InChI is InChI=1S/C12H12FN3O2/c1-18-12(17)6-11-8-16(15-14-11)7-9-3-2-4-10(13)5-9/h2-5,8H,6-7H2,1H3. The Morgan fingerprint density at radius 1 is 1.50 bits per heavy atom. The quantitative estimate of drug-likeness (QED) is 0.763. The molecular weight excluding hydrogens is 237 g/mol. The highest BCUT2D eigenvalue weighted by Gasteiger charge is 2.07. The number of ether oxygens (including phenoxy) is 1. The van der Waals surface area contributed by atoms with Crippen molar-refractivity contribution < 1.29 is 13.9 Å². The topological polar surface area (TPSA) is 57.0 Å². The van der Waals surface area contributed by atoms with Gasteiger partial charge in [-0.15, -0.1) is 5.10 Å². The number of carbonyl (C=O) groups excluding carboxylic acids is 1. The molecule has 0 bridgehead atoms. The van der Waals surface area contributed by atoms with Gasteiger partial charge in [0, 0.05) is 6.20 Å². The molecule has 6 heteroatoms. The molecule has 0 amide bonds. The zero-order chi connectivity index (χ0) is 13.0. The van der Waals surface area contributed by atoms with E-state index in [1.165, 1.54) is 19.2 Å². The minimum absolute atomic E-state index is 0.0830. The molecule has 0 spiro atoms. The maximum Gasteiger partial charge on any atom is 0.311 e. The first kappa shape index (κ1) is 12.2. The van der Waals surface area contributed by atoms with Crippen molar-refractivity contribution in [2.45, 2.75) is 13.0 Å². The lowest BCUT2D eigenvalue weighted by Gasteiger charge is -2.00. The third kappa shape index (κ3) is 3.13. The van der Waals surface area contributed by atoms with Crippen LogP contribution in [0.1, 0.15) is 11.3 Å². The molecule has 2 rings (SSSR count). The number of esters is 1. The van der Waals surface area contributed by atoms with Gasteiger partial charge in [-0.2, -0.15) is 0 Å². The first-order valence-electron chi connectivity index (χ1n) is 5.37. The normalized spacial score (nSPS) is 10.3. The lowest BCUT2D eigenvalue weighted by Crippen LogP contribution is -2.04. The van der Waals surface area contributed by atoms with Crippen LogP contribution in [0.5, 0.6) is 0 Å². The molecule has 0 aliphatic rings. The van der Waals surface area contributed by atoms with Crippen LogP contribution in [0.3, 0.4) is 0 Å². The lowest BCUT2D eigenvalue weighted by molar-refractivity contribution is -0.139. The van der Waals surface area contributed by atoms with Gasteiger partial charge in [0.2, 0.25) is 0 Å². The van der Waals surface area contributed by atoms with Crippen molar-refractivity contribution in [3.05, 3.63) is 47.5 Å². The van der Waals surface area contributed by atoms with Crippen molar-refractivity contribution in [1.82, 2.24) is 15.0 Å². The summed E-state index contributed by atoms with van der Waals surface area (Å²) in [4.78, 5) is 11.0. The zero-order valence-corrected chi connectivity index (χ0v) is 9.84. The molecular formula is C12H12FN3O2. The molecule has 5 nitrogen and oxygen atoms in total. The molecule has 1 heterocycles. The van der Waals surface area contributed by atoms with Crippen LogP contribution >= 0.6 is 0 Å². The van der Waals surface area contributed by atoms with Crippen LogP contribution in [0.2, 0.25) is 0 Å². The highest BCUT2D eigenvalue weighted by molar-refractivity contribution is 5.71. The van der Waals surface area contributed by atoms with E-state index in [1.54, 1.807) is 23.0 Å². The van der Waals surface area contributed by atoms with Gasteiger partial charge in [-0.05, 0) is 17.7 Å². The van der Waals surface area contributed by atoms with Gasteiger partial charge in [0.1, 0.15) is 5.82 Å². The Hall–Kier alpha value is -2.24. The van der Waals surface area contributed by atoms with Gasteiger partial charge < -0.3 is 4.74 Å². The molecule has 18 heavy (non-hydrogen) atoms. The highest BCUT2D eigenvalue weighted by Crippen LogP contribution is 2.06. The fourth-order valence-electron chi connectivity index (χ4n) is 1.54. The van der Waals surface area contributed by atoms with E-state index < -0.39 is 0 Å². The summed E-state index contributed by atoms with van der Waals surface area (Å²) < 4.78 is 19.1. The number of rotatable bonds is 4. The second-order valence-electron chi connectivity index (χ2n) is 3.79. The number of hydrogen-bond acceptors (Lipinski definition) is 4. The van der Waals surface area contributed by atoms with E-state index in [-0.39, 0.29) is 18.2 Å². The number of methoxy groups -OCH3 is 1. The summed E-state index contributed by atoms with van der Waals surface area (Å²) in [5.74, 6) is -0.657. The Balaban J connectivity index is 2.04. The second kappa shape index (κ2) is 5.39. The molecule has 0 saturated heterocycles. The molecule has 0 fully saturated rings. The van der Waals surface area contributed by atoms with Crippen LogP contribution < -0.4 is 0 Å². The monoisotopic (exact) mass is 249 g/mol. The average Bonchev–Trinajstić information content (AvgIpc) is 2.76. The maximum atomic E-state index is 13.0. The third-order valence-corrected chi connectivity index (χ3v) is 2.37. The van der Waals surface area contributed by atoms with E-state index in [4.69, 9.17) is 0 Å². The molecule has 0 radical (unpaired) electrons. The summed E-state index contributed by atoms with van der Waals surface area (Å²) in [5.41, 5.74) is 1.31. The van der Waals surface area contributed by atoms with Crippen LogP contribution in [0.25, 0.3) is 0 Å². The minimum atomic E-state index is -0.368. The molecule has 0 saturated carbocycles. The Morgan fingerprint density at radius 2 is 2.33 bits per heavy atom. The molecule has 1 aromatic carbocycles. The summed E-state index contributed by atoms with van der Waals surface area (Å²) in [5, 5.41) is 7.71. The summed E-state index contributed by atoms with van der Waals surface area (Å²) in [6.45, 7) is 0.409. The number of aromatic nitrogens is 3. The average molecular weight is 249 g/mol. The number of carbonyl (C=O) groups is 1. The Morgan fingerprint density at radius 3 is 3.06 bits per heavy atom. The molecule has 0 N–H and O–H groups in total. The fourth-order valence-corrected chi connectivity index (χ4v) is 1.54. The molecule has 2 aromatic rings. The number of nitrogens with zero attached hydrogens (tertiary/aromatic N) is 3. The van der Waals surface area contributed by atoms with Crippen LogP contribution in [0.4, 0.5) is 4.39 Å². The Labute approximate surface area is 103 Å². The van der Waals surface area contributed by atoms with Crippen LogP contribution in [-0.4, -0.2) is 28.1 Å². The Kier molecular flexibility index (Phi) is 3.66. The zero-order valence-electron chi connectivity index (χ0n) is 9.84. The first-order chi connectivity index (χ1) is 8.67. The smallest absolute Gasteiger partial charge is 0.311 e. The molecule has 0 aliphatic heterocycles. The molecule has 1 aromatic heterocycles. The maximum absolute atomic E-state index is 13.0. The second-order valence-corrected chi connectivity index (χ2v) is 3.79. The van der Waals surface area contributed by atoms with Gasteiger partial charge >= 0.3 is 5.97 Å². The van der Waals surface area contributed by atoms with E-state index in [0.717, 1.165) is 5.56 Å². The van der Waals surface area contributed by atoms with E-state index in [9.17, 15) is 9.18 Å². The SMILES string of the molecule is COC(=O)Cc1cn(Cc2cccc(F)c2)nn1. The van der Waals surface area contributed by atoms with Crippen molar-refractivity contribution in [2.24, 2.45) is 0 Å². The number of benzene rings is 1. The summed E-state index contributed by atoms with van der Waals surface area (Å²) >= 11 is 0. The Bertz CT molecular complexity index is 554. The van der Waals surface area contributed by atoms with Crippen LogP contribution in [-0.2, 0) is 22.5 Å². The van der Waals surface area contributed by atoms with Gasteiger partial charge in [-0.3, -0.25) is 4.79 Å². The lowest BCUT2D eigenvalue weighted by atomic mass is 10.2. The van der Waals surface area contributed by atoms with Crippen molar-refractivity contribution in [2.75, 3.05) is 7.11 Å². The van der Waals surface area contributed by atoms with Gasteiger partial charge in [0.15, 0.2) is 0 Å². The largest absolute Gasteiger partial charge is 0.469 e. The van der Waals surface area contributed by atoms with Gasteiger partial charge in [-0.1, -0.05) is 17.3 Å². The van der Waals surface area contributed by atoms with E-state index in [2.05, 4.69) is 15.0 Å². The van der Waals surface area contributed by atoms with E-state index >= 15 is 0 Å². The summed E-state index contributed by atoms with van der Waals surface area (Å²) in [6.07, 6.45) is 1.72. The van der Waals surface area contributed by atoms with E-state index in [1.807, 2.05) is 0 Å².